The number of hydrogen-bond donors (Lipinski definition) is 0. The lowest BCUT2D eigenvalue weighted by atomic mass is 9.85. The molecule has 0 radical (unpaired) electrons. The van der Waals surface area contributed by atoms with Crippen LogP contribution >= 0.6 is 22.9 Å². The van der Waals surface area contributed by atoms with Crippen LogP contribution in [-0.4, -0.2) is 54.8 Å². The maximum Gasteiger partial charge on any atom is 0.149 e. The van der Waals surface area contributed by atoms with Gasteiger partial charge in [0.15, 0.2) is 0 Å². The highest BCUT2D eigenvalue weighted by atomic mass is 35.5. The van der Waals surface area contributed by atoms with Gasteiger partial charge in [0.1, 0.15) is 15.4 Å². The number of piperidine rings is 1. The lowest BCUT2D eigenvalue weighted by Crippen LogP contribution is -2.45. The molecule has 1 saturated heterocycles. The van der Waals surface area contributed by atoms with Crippen molar-refractivity contribution in [3.05, 3.63) is 38.8 Å². The van der Waals surface area contributed by atoms with Crippen LogP contribution in [0.5, 0.6) is 0 Å². The van der Waals surface area contributed by atoms with E-state index in [1.807, 2.05) is 12.4 Å². The molecule has 6 nitrogen and oxygen atoms in total. The van der Waals surface area contributed by atoms with Gasteiger partial charge in [0.25, 0.3) is 0 Å². The number of sulfone groups is 1. The number of thiophene rings is 1. The Labute approximate surface area is 169 Å². The second-order valence-electron chi connectivity index (χ2n) is 7.52. The van der Waals surface area contributed by atoms with Crippen molar-refractivity contribution in [3.8, 4) is 0 Å². The van der Waals surface area contributed by atoms with Crippen molar-refractivity contribution in [3.63, 3.8) is 0 Å². The summed E-state index contributed by atoms with van der Waals surface area (Å²) in [6.07, 6.45) is 7.93. The molecule has 4 rings (SSSR count). The molecule has 0 saturated carbocycles. The average Bonchev–Trinajstić information content (AvgIpc) is 3.21. The summed E-state index contributed by atoms with van der Waals surface area (Å²) >= 11 is 7.92. The second-order valence-corrected chi connectivity index (χ2v) is 11.5. The highest BCUT2D eigenvalue weighted by Gasteiger charge is 2.42. The first-order valence-corrected chi connectivity index (χ1v) is 12.4. The Kier molecular flexibility index (Phi) is 5.37. The van der Waals surface area contributed by atoms with Gasteiger partial charge in [0.2, 0.25) is 0 Å². The van der Waals surface area contributed by atoms with Gasteiger partial charge < -0.3 is 4.74 Å². The number of fused-ring (bicyclic) bond motifs is 2. The number of halogens is 1. The minimum Gasteiger partial charge on any atom is -0.369 e. The number of likely N-dealkylation sites (tertiary alicyclic amines) is 1. The molecule has 0 amide bonds. The number of hydrogen-bond acceptors (Lipinski definition) is 6. The van der Waals surface area contributed by atoms with E-state index < -0.39 is 9.84 Å². The number of ether oxygens (including phenoxy) is 1. The second kappa shape index (κ2) is 7.48. The Morgan fingerprint density at radius 2 is 2.15 bits per heavy atom. The van der Waals surface area contributed by atoms with Crippen molar-refractivity contribution in [1.82, 2.24) is 14.7 Å². The van der Waals surface area contributed by atoms with Gasteiger partial charge >= 0.3 is 0 Å². The third-order valence-corrected chi connectivity index (χ3v) is 7.81. The fraction of sp³-hybridized carbons (Fsp3) is 0.611. The molecular weight excluding hydrogens is 406 g/mol. The molecule has 2 aromatic heterocycles. The van der Waals surface area contributed by atoms with Crippen molar-refractivity contribution < 1.29 is 13.2 Å². The van der Waals surface area contributed by atoms with E-state index in [4.69, 9.17) is 16.3 Å². The molecule has 2 aliphatic rings. The van der Waals surface area contributed by atoms with Crippen LogP contribution in [0.4, 0.5) is 0 Å². The average molecular weight is 430 g/mol. The van der Waals surface area contributed by atoms with Crippen LogP contribution in [0.15, 0.2) is 18.5 Å². The Balaban J connectivity index is 1.36. The maximum absolute atomic E-state index is 11.3. The molecule has 0 N–H and O–H groups in total. The van der Waals surface area contributed by atoms with Crippen molar-refractivity contribution in [2.24, 2.45) is 0 Å². The van der Waals surface area contributed by atoms with Gasteiger partial charge in [-0.25, -0.2) is 8.42 Å². The molecule has 2 aromatic rings. The highest BCUT2D eigenvalue weighted by Crippen LogP contribution is 2.46. The van der Waals surface area contributed by atoms with Crippen LogP contribution < -0.4 is 0 Å². The zero-order valence-corrected chi connectivity index (χ0v) is 17.7. The van der Waals surface area contributed by atoms with E-state index in [1.165, 1.54) is 16.7 Å². The Morgan fingerprint density at radius 1 is 1.37 bits per heavy atom. The first-order valence-electron chi connectivity index (χ1n) is 9.17. The Bertz CT molecular complexity index is 914. The fourth-order valence-corrected chi connectivity index (χ4v) is 5.98. The van der Waals surface area contributed by atoms with Crippen LogP contribution in [0.3, 0.4) is 0 Å². The van der Waals surface area contributed by atoms with E-state index in [9.17, 15) is 8.42 Å². The van der Waals surface area contributed by atoms with E-state index in [0.29, 0.717) is 6.54 Å². The quantitative estimate of drug-likeness (QED) is 0.731. The summed E-state index contributed by atoms with van der Waals surface area (Å²) in [5.41, 5.74) is 2.31. The summed E-state index contributed by atoms with van der Waals surface area (Å²) in [7, 11) is -2.97. The van der Waals surface area contributed by atoms with E-state index in [0.717, 1.165) is 55.4 Å². The molecule has 0 atom stereocenters. The van der Waals surface area contributed by atoms with Crippen LogP contribution in [0.1, 0.15) is 28.8 Å². The Hall–Kier alpha value is -0.930. The largest absolute Gasteiger partial charge is 0.369 e. The van der Waals surface area contributed by atoms with Crippen LogP contribution in [-0.2, 0) is 39.7 Å². The highest BCUT2D eigenvalue weighted by molar-refractivity contribution is 7.90. The summed E-state index contributed by atoms with van der Waals surface area (Å²) in [6, 6.07) is 2.10. The summed E-state index contributed by atoms with van der Waals surface area (Å²) < 4.78 is 31.4. The zero-order chi connectivity index (χ0) is 19.1. The van der Waals surface area contributed by atoms with Gasteiger partial charge in [0.05, 0.1) is 29.4 Å². The van der Waals surface area contributed by atoms with Gasteiger partial charge in [-0.15, -0.1) is 11.3 Å². The molecule has 9 heteroatoms. The van der Waals surface area contributed by atoms with Gasteiger partial charge in [0, 0.05) is 42.5 Å². The molecule has 0 bridgehead atoms. The number of aromatic nitrogens is 2. The number of rotatable bonds is 5. The summed E-state index contributed by atoms with van der Waals surface area (Å²) in [4.78, 5) is 3.74. The standard InChI is InChI=1S/C18H24ClN3O3S2/c1-27(23,24)9-7-22-13-14(11-20-22)12-21-5-3-18(4-6-21)17-15(2-8-25-18)10-16(19)26-17/h10-11,13H,2-9,12H2,1H3. The molecule has 27 heavy (non-hydrogen) atoms. The summed E-state index contributed by atoms with van der Waals surface area (Å²) in [5, 5.41) is 4.29. The smallest absolute Gasteiger partial charge is 0.149 e. The van der Waals surface area contributed by atoms with Crippen molar-refractivity contribution in [1.29, 1.82) is 0 Å². The van der Waals surface area contributed by atoms with Crippen LogP contribution in [0.25, 0.3) is 0 Å². The van der Waals surface area contributed by atoms with Gasteiger partial charge in [-0.05, 0) is 30.9 Å². The normalized spacial score (nSPS) is 20.1. The van der Waals surface area contributed by atoms with E-state index in [1.54, 1.807) is 16.0 Å². The zero-order valence-electron chi connectivity index (χ0n) is 15.4. The minimum absolute atomic E-state index is 0.114. The molecule has 0 unspecified atom stereocenters. The van der Waals surface area contributed by atoms with E-state index in [-0.39, 0.29) is 11.4 Å². The summed E-state index contributed by atoms with van der Waals surface area (Å²) in [6.45, 7) is 3.92. The predicted molar refractivity (Wildman–Crippen MR) is 107 cm³/mol. The van der Waals surface area contributed by atoms with Crippen molar-refractivity contribution in [2.45, 2.75) is 38.0 Å². The minimum atomic E-state index is -2.97. The van der Waals surface area contributed by atoms with E-state index >= 15 is 0 Å². The monoisotopic (exact) mass is 429 g/mol. The van der Waals surface area contributed by atoms with Gasteiger partial charge in [-0.2, -0.15) is 5.10 Å². The topological polar surface area (TPSA) is 64.4 Å². The third-order valence-electron chi connectivity index (χ3n) is 5.39. The first-order chi connectivity index (χ1) is 12.8. The molecule has 0 aromatic carbocycles. The maximum atomic E-state index is 11.3. The van der Waals surface area contributed by atoms with Gasteiger partial charge in [-0.1, -0.05) is 11.6 Å². The van der Waals surface area contributed by atoms with Crippen LogP contribution in [0, 0.1) is 0 Å². The van der Waals surface area contributed by atoms with Crippen molar-refractivity contribution in [2.75, 3.05) is 31.7 Å². The molecule has 1 fully saturated rings. The lowest BCUT2D eigenvalue weighted by Gasteiger charge is -2.43. The Morgan fingerprint density at radius 3 is 2.89 bits per heavy atom. The molecule has 148 valence electrons. The molecule has 0 aliphatic carbocycles. The lowest BCUT2D eigenvalue weighted by molar-refractivity contribution is -0.0960. The SMILES string of the molecule is CS(=O)(=O)CCn1cc(CN2CCC3(CC2)OCCc2cc(Cl)sc23)cn1. The first kappa shape index (κ1) is 19.4. The van der Waals surface area contributed by atoms with Crippen LogP contribution in [0.2, 0.25) is 4.34 Å². The molecular formula is C18H24ClN3O3S2. The fourth-order valence-electron chi connectivity index (χ4n) is 3.96. The molecule has 2 aliphatic heterocycles. The number of nitrogens with zero attached hydrogens (tertiary/aromatic N) is 3. The predicted octanol–water partition coefficient (Wildman–Crippen LogP) is 2.71. The number of aryl methyl sites for hydroxylation is 1. The third kappa shape index (κ3) is 4.40. The van der Waals surface area contributed by atoms with Gasteiger partial charge in [-0.3, -0.25) is 9.58 Å². The summed E-state index contributed by atoms with van der Waals surface area (Å²) in [5.74, 6) is 0.114. The molecule has 4 heterocycles. The molecule has 1 spiro atoms. The van der Waals surface area contributed by atoms with E-state index in [2.05, 4.69) is 16.1 Å². The van der Waals surface area contributed by atoms with Crippen molar-refractivity contribution >= 4 is 32.8 Å².